The minimum absolute atomic E-state index is 0.0262. The van der Waals surface area contributed by atoms with Gasteiger partial charge in [0.1, 0.15) is 16.1 Å². The fourth-order valence-corrected chi connectivity index (χ4v) is 3.18. The Morgan fingerprint density at radius 1 is 1.43 bits per heavy atom. The maximum absolute atomic E-state index is 12.4. The molecular formula is C14H14N4O2S. The van der Waals surface area contributed by atoms with Crippen LogP contribution in [-0.4, -0.2) is 26.5 Å². The summed E-state index contributed by atoms with van der Waals surface area (Å²) in [5.41, 5.74) is 0.440. The molecule has 6 nitrogen and oxygen atoms in total. The fourth-order valence-electron chi connectivity index (χ4n) is 2.14. The second-order valence-corrected chi connectivity index (χ2v) is 6.03. The van der Waals surface area contributed by atoms with Gasteiger partial charge in [-0.25, -0.2) is 9.97 Å². The Kier molecular flexibility index (Phi) is 3.42. The van der Waals surface area contributed by atoms with E-state index >= 15 is 0 Å². The van der Waals surface area contributed by atoms with E-state index in [2.05, 4.69) is 15.3 Å². The molecule has 0 saturated heterocycles. The van der Waals surface area contributed by atoms with E-state index in [0.717, 1.165) is 10.2 Å². The number of nitrogens with zero attached hydrogens (tertiary/aromatic N) is 3. The van der Waals surface area contributed by atoms with Gasteiger partial charge < -0.3 is 5.32 Å². The number of carbonyl (C=O) groups excluding carboxylic acids is 1. The third-order valence-electron chi connectivity index (χ3n) is 2.99. The number of fused-ring (bicyclic) bond motifs is 3. The van der Waals surface area contributed by atoms with Crippen LogP contribution in [0, 0.1) is 0 Å². The highest BCUT2D eigenvalue weighted by Crippen LogP contribution is 2.27. The van der Waals surface area contributed by atoms with Gasteiger partial charge in [-0.15, -0.1) is 11.3 Å². The maximum atomic E-state index is 12.4. The first-order chi connectivity index (χ1) is 10.1. The monoisotopic (exact) mass is 302 g/mol. The molecule has 0 aliphatic rings. The van der Waals surface area contributed by atoms with Gasteiger partial charge in [0.25, 0.3) is 5.56 Å². The third kappa shape index (κ3) is 2.52. The summed E-state index contributed by atoms with van der Waals surface area (Å²) < 4.78 is 1.86. The molecule has 0 aliphatic carbocycles. The fraction of sp³-hybridized carbons (Fsp3) is 0.286. The lowest BCUT2D eigenvalue weighted by Gasteiger charge is -2.09. The van der Waals surface area contributed by atoms with Gasteiger partial charge in [-0.2, -0.15) is 0 Å². The first kappa shape index (κ1) is 13.7. The van der Waals surface area contributed by atoms with Gasteiger partial charge in [0.05, 0.1) is 11.8 Å². The Labute approximate surface area is 124 Å². The van der Waals surface area contributed by atoms with Crippen molar-refractivity contribution in [3.05, 3.63) is 35.0 Å². The number of amides is 1. The molecule has 0 spiro atoms. The van der Waals surface area contributed by atoms with E-state index in [1.54, 1.807) is 6.20 Å². The molecule has 3 heterocycles. The summed E-state index contributed by atoms with van der Waals surface area (Å²) in [7, 11) is 0. The molecule has 3 aromatic heterocycles. The SMILES string of the molecule is CC(C)NC(=O)Cn1cnc2c(sc3ncccc32)c1=O. The van der Waals surface area contributed by atoms with Crippen LogP contribution in [0.3, 0.4) is 0 Å². The van der Waals surface area contributed by atoms with Crippen molar-refractivity contribution in [3.63, 3.8) is 0 Å². The number of rotatable bonds is 3. The Bertz CT molecular complexity index is 881. The van der Waals surface area contributed by atoms with Crippen molar-refractivity contribution < 1.29 is 4.79 Å². The van der Waals surface area contributed by atoms with Crippen molar-refractivity contribution in [1.82, 2.24) is 19.9 Å². The van der Waals surface area contributed by atoms with Crippen molar-refractivity contribution in [2.45, 2.75) is 26.4 Å². The van der Waals surface area contributed by atoms with Crippen LogP contribution in [0.1, 0.15) is 13.8 Å². The van der Waals surface area contributed by atoms with Crippen LogP contribution in [0.25, 0.3) is 20.4 Å². The highest BCUT2D eigenvalue weighted by molar-refractivity contribution is 7.25. The molecule has 1 N–H and O–H groups in total. The van der Waals surface area contributed by atoms with Crippen molar-refractivity contribution >= 4 is 37.7 Å². The highest BCUT2D eigenvalue weighted by atomic mass is 32.1. The number of pyridine rings is 1. The summed E-state index contributed by atoms with van der Waals surface area (Å²) in [6, 6.07) is 3.75. The first-order valence-electron chi connectivity index (χ1n) is 6.58. The van der Waals surface area contributed by atoms with Crippen molar-refractivity contribution in [2.75, 3.05) is 0 Å². The molecule has 1 amide bonds. The summed E-state index contributed by atoms with van der Waals surface area (Å²) in [5.74, 6) is -0.201. The van der Waals surface area contributed by atoms with Gasteiger partial charge in [0, 0.05) is 17.6 Å². The van der Waals surface area contributed by atoms with Gasteiger partial charge in [-0.05, 0) is 26.0 Å². The molecule has 0 fully saturated rings. The number of hydrogen-bond donors (Lipinski definition) is 1. The minimum Gasteiger partial charge on any atom is -0.352 e. The van der Waals surface area contributed by atoms with Crippen LogP contribution in [0.2, 0.25) is 0 Å². The molecule has 0 unspecified atom stereocenters. The van der Waals surface area contributed by atoms with E-state index in [1.165, 1.54) is 22.2 Å². The lowest BCUT2D eigenvalue weighted by Crippen LogP contribution is -2.35. The zero-order chi connectivity index (χ0) is 15.0. The Hall–Kier alpha value is -2.28. The molecule has 0 bridgehead atoms. The van der Waals surface area contributed by atoms with Gasteiger partial charge in [0.15, 0.2) is 0 Å². The van der Waals surface area contributed by atoms with Crippen molar-refractivity contribution in [1.29, 1.82) is 0 Å². The van der Waals surface area contributed by atoms with Crippen LogP contribution in [-0.2, 0) is 11.3 Å². The van der Waals surface area contributed by atoms with Crippen LogP contribution < -0.4 is 10.9 Å². The van der Waals surface area contributed by atoms with Crippen LogP contribution in [0.15, 0.2) is 29.5 Å². The number of thiophene rings is 1. The lowest BCUT2D eigenvalue weighted by molar-refractivity contribution is -0.122. The van der Waals surface area contributed by atoms with E-state index in [1.807, 2.05) is 26.0 Å². The average Bonchev–Trinajstić information content (AvgIpc) is 2.80. The smallest absolute Gasteiger partial charge is 0.271 e. The normalized spacial score (nSPS) is 11.4. The van der Waals surface area contributed by atoms with Crippen LogP contribution in [0.5, 0.6) is 0 Å². The number of aromatic nitrogens is 3. The molecule has 108 valence electrons. The Morgan fingerprint density at radius 3 is 3.00 bits per heavy atom. The molecule has 0 atom stereocenters. The number of carbonyl (C=O) groups is 1. The number of hydrogen-bond acceptors (Lipinski definition) is 5. The van der Waals surface area contributed by atoms with E-state index in [9.17, 15) is 9.59 Å². The van der Waals surface area contributed by atoms with Gasteiger partial charge in [-0.1, -0.05) is 0 Å². The summed E-state index contributed by atoms with van der Waals surface area (Å²) in [5, 5.41) is 3.63. The Balaban J connectivity index is 2.06. The topological polar surface area (TPSA) is 76.9 Å². The average molecular weight is 302 g/mol. The molecular weight excluding hydrogens is 288 g/mol. The molecule has 0 radical (unpaired) electrons. The molecule has 3 rings (SSSR count). The first-order valence-corrected chi connectivity index (χ1v) is 7.40. The standard InChI is InChI=1S/C14H14N4O2S/c1-8(2)17-10(19)6-18-7-16-11-9-4-3-5-15-13(9)21-12(11)14(18)20/h3-5,7-8H,6H2,1-2H3,(H,17,19). The van der Waals surface area contributed by atoms with Crippen LogP contribution in [0.4, 0.5) is 0 Å². The summed E-state index contributed by atoms with van der Waals surface area (Å²) in [6.45, 7) is 3.72. The second-order valence-electron chi connectivity index (χ2n) is 5.04. The van der Waals surface area contributed by atoms with Gasteiger partial charge >= 0.3 is 0 Å². The minimum atomic E-state index is -0.207. The zero-order valence-electron chi connectivity index (χ0n) is 11.7. The second kappa shape index (κ2) is 5.25. The molecule has 0 aromatic carbocycles. The molecule has 0 saturated carbocycles. The molecule has 3 aromatic rings. The Morgan fingerprint density at radius 2 is 2.24 bits per heavy atom. The van der Waals surface area contributed by atoms with E-state index in [4.69, 9.17) is 0 Å². The summed E-state index contributed by atoms with van der Waals surface area (Å²) >= 11 is 1.30. The summed E-state index contributed by atoms with van der Waals surface area (Å²) in [4.78, 5) is 33.6. The van der Waals surface area contributed by atoms with Crippen molar-refractivity contribution in [3.8, 4) is 0 Å². The molecule has 21 heavy (non-hydrogen) atoms. The largest absolute Gasteiger partial charge is 0.352 e. The highest BCUT2D eigenvalue weighted by Gasteiger charge is 2.13. The maximum Gasteiger partial charge on any atom is 0.271 e. The van der Waals surface area contributed by atoms with Gasteiger partial charge in [-0.3, -0.25) is 14.2 Å². The van der Waals surface area contributed by atoms with E-state index in [0.29, 0.717) is 10.2 Å². The number of nitrogens with one attached hydrogen (secondary N) is 1. The molecule has 7 heteroatoms. The summed E-state index contributed by atoms with van der Waals surface area (Å²) in [6.07, 6.45) is 3.11. The predicted molar refractivity (Wildman–Crippen MR) is 82.5 cm³/mol. The van der Waals surface area contributed by atoms with Crippen molar-refractivity contribution in [2.24, 2.45) is 0 Å². The predicted octanol–water partition coefficient (Wildman–Crippen LogP) is 1.53. The van der Waals surface area contributed by atoms with Crippen LogP contribution >= 0.6 is 11.3 Å². The van der Waals surface area contributed by atoms with Gasteiger partial charge in [0.2, 0.25) is 5.91 Å². The third-order valence-corrected chi connectivity index (χ3v) is 4.08. The zero-order valence-corrected chi connectivity index (χ0v) is 12.5. The van der Waals surface area contributed by atoms with E-state index < -0.39 is 0 Å². The van der Waals surface area contributed by atoms with E-state index in [-0.39, 0.29) is 24.1 Å². The quantitative estimate of drug-likeness (QED) is 0.796. The molecule has 0 aliphatic heterocycles. The lowest BCUT2D eigenvalue weighted by atomic mass is 10.3.